The lowest BCUT2D eigenvalue weighted by Gasteiger charge is -2.22. The second-order valence-corrected chi connectivity index (χ2v) is 4.49. The van der Waals surface area contributed by atoms with Crippen LogP contribution in [-0.2, 0) is 4.79 Å². The molecule has 0 fully saturated rings. The zero-order valence-electron chi connectivity index (χ0n) is 9.68. The summed E-state index contributed by atoms with van der Waals surface area (Å²) in [6.07, 6.45) is 9.30. The van der Waals surface area contributed by atoms with Crippen LogP contribution in [0.2, 0.25) is 0 Å². The highest BCUT2D eigenvalue weighted by Gasteiger charge is 2.19. The van der Waals surface area contributed by atoms with Gasteiger partial charge in [0.1, 0.15) is 0 Å². The first kappa shape index (κ1) is 13.2. The lowest BCUT2D eigenvalue weighted by Crippen LogP contribution is -2.15. The van der Waals surface area contributed by atoms with Gasteiger partial charge in [-0.2, -0.15) is 0 Å². The SMILES string of the molecule is C=CCCCC(C)(C)CC(=O)/C=C/C. The molecule has 0 atom stereocenters. The molecule has 0 saturated heterocycles. The highest BCUT2D eigenvalue weighted by atomic mass is 16.1. The van der Waals surface area contributed by atoms with E-state index < -0.39 is 0 Å². The fourth-order valence-corrected chi connectivity index (χ4v) is 1.53. The molecular weight excluding hydrogens is 172 g/mol. The molecule has 0 aromatic carbocycles. The molecule has 0 amide bonds. The molecule has 0 aliphatic carbocycles. The molecule has 0 aromatic rings. The van der Waals surface area contributed by atoms with E-state index in [1.165, 1.54) is 0 Å². The van der Waals surface area contributed by atoms with E-state index in [4.69, 9.17) is 0 Å². The maximum atomic E-state index is 11.4. The summed E-state index contributed by atoms with van der Waals surface area (Å²) in [5, 5.41) is 0. The summed E-state index contributed by atoms with van der Waals surface area (Å²) in [5.74, 6) is 0.233. The van der Waals surface area contributed by atoms with Gasteiger partial charge in [0.25, 0.3) is 0 Å². The van der Waals surface area contributed by atoms with Gasteiger partial charge in [-0.3, -0.25) is 4.79 Å². The number of carbonyl (C=O) groups excluding carboxylic acids is 1. The van der Waals surface area contributed by atoms with Crippen LogP contribution in [0.3, 0.4) is 0 Å². The smallest absolute Gasteiger partial charge is 0.155 e. The lowest BCUT2D eigenvalue weighted by molar-refractivity contribution is -0.116. The van der Waals surface area contributed by atoms with Crippen molar-refractivity contribution in [2.75, 3.05) is 0 Å². The number of ketones is 1. The van der Waals surface area contributed by atoms with Crippen LogP contribution < -0.4 is 0 Å². The normalized spacial score (nSPS) is 11.9. The zero-order valence-corrected chi connectivity index (χ0v) is 9.68. The van der Waals surface area contributed by atoms with Gasteiger partial charge in [-0.1, -0.05) is 26.0 Å². The van der Waals surface area contributed by atoms with Crippen molar-refractivity contribution < 1.29 is 4.79 Å². The molecule has 0 saturated carbocycles. The molecule has 0 aromatic heterocycles. The molecule has 0 N–H and O–H groups in total. The van der Waals surface area contributed by atoms with Crippen LogP contribution in [0, 0.1) is 5.41 Å². The van der Waals surface area contributed by atoms with Crippen molar-refractivity contribution >= 4 is 5.78 Å². The second-order valence-electron chi connectivity index (χ2n) is 4.49. The maximum absolute atomic E-state index is 11.4. The first-order chi connectivity index (χ1) is 6.52. The summed E-state index contributed by atoms with van der Waals surface area (Å²) in [6, 6.07) is 0. The molecule has 0 spiro atoms. The monoisotopic (exact) mass is 194 g/mol. The summed E-state index contributed by atoms with van der Waals surface area (Å²) in [5.41, 5.74) is 0.125. The summed E-state index contributed by atoms with van der Waals surface area (Å²) >= 11 is 0. The Balaban J connectivity index is 3.92. The quantitative estimate of drug-likeness (QED) is 0.341. The minimum Gasteiger partial charge on any atom is -0.295 e. The Kier molecular flexibility index (Phi) is 6.18. The van der Waals surface area contributed by atoms with Crippen LogP contribution in [0.4, 0.5) is 0 Å². The number of rotatable bonds is 7. The van der Waals surface area contributed by atoms with E-state index in [1.54, 1.807) is 6.08 Å². The van der Waals surface area contributed by atoms with Crippen molar-refractivity contribution in [3.05, 3.63) is 24.8 Å². The summed E-state index contributed by atoms with van der Waals surface area (Å²) in [4.78, 5) is 11.4. The van der Waals surface area contributed by atoms with E-state index in [1.807, 2.05) is 19.1 Å². The van der Waals surface area contributed by atoms with Crippen molar-refractivity contribution in [3.63, 3.8) is 0 Å². The van der Waals surface area contributed by atoms with Gasteiger partial charge in [0.2, 0.25) is 0 Å². The van der Waals surface area contributed by atoms with Gasteiger partial charge in [-0.05, 0) is 37.7 Å². The minimum absolute atomic E-state index is 0.125. The van der Waals surface area contributed by atoms with Gasteiger partial charge in [-0.15, -0.1) is 6.58 Å². The van der Waals surface area contributed by atoms with Crippen molar-refractivity contribution in [3.8, 4) is 0 Å². The number of unbranched alkanes of at least 4 members (excludes halogenated alkanes) is 1. The van der Waals surface area contributed by atoms with E-state index in [2.05, 4.69) is 20.4 Å². The highest BCUT2D eigenvalue weighted by Crippen LogP contribution is 2.27. The Morgan fingerprint density at radius 1 is 1.43 bits per heavy atom. The third kappa shape index (κ3) is 6.64. The predicted octanol–water partition coefficient (Wildman–Crippen LogP) is 3.90. The third-order valence-electron chi connectivity index (χ3n) is 2.27. The molecule has 0 radical (unpaired) electrons. The fraction of sp³-hybridized carbons (Fsp3) is 0.615. The first-order valence-electron chi connectivity index (χ1n) is 5.28. The van der Waals surface area contributed by atoms with Crippen molar-refractivity contribution in [2.45, 2.75) is 46.5 Å². The van der Waals surface area contributed by atoms with Crippen LogP contribution in [0.1, 0.15) is 46.5 Å². The van der Waals surface area contributed by atoms with Crippen LogP contribution in [0.25, 0.3) is 0 Å². The number of hydrogen-bond acceptors (Lipinski definition) is 1. The Labute approximate surface area is 87.9 Å². The van der Waals surface area contributed by atoms with Crippen molar-refractivity contribution in [1.82, 2.24) is 0 Å². The minimum atomic E-state index is 0.125. The molecule has 80 valence electrons. The Bertz CT molecular complexity index is 211. The average molecular weight is 194 g/mol. The number of carbonyl (C=O) groups is 1. The Morgan fingerprint density at radius 2 is 2.07 bits per heavy atom. The summed E-state index contributed by atoms with van der Waals surface area (Å²) in [7, 11) is 0. The first-order valence-corrected chi connectivity index (χ1v) is 5.28. The van der Waals surface area contributed by atoms with Crippen LogP contribution >= 0.6 is 0 Å². The van der Waals surface area contributed by atoms with Crippen LogP contribution in [0.15, 0.2) is 24.8 Å². The maximum Gasteiger partial charge on any atom is 0.155 e. The highest BCUT2D eigenvalue weighted by molar-refractivity contribution is 5.89. The lowest BCUT2D eigenvalue weighted by atomic mass is 9.82. The van der Waals surface area contributed by atoms with E-state index in [-0.39, 0.29) is 11.2 Å². The fourth-order valence-electron chi connectivity index (χ4n) is 1.53. The van der Waals surface area contributed by atoms with Gasteiger partial charge in [-0.25, -0.2) is 0 Å². The average Bonchev–Trinajstić information content (AvgIpc) is 2.03. The molecule has 1 nitrogen and oxygen atoms in total. The van der Waals surface area contributed by atoms with Gasteiger partial charge >= 0.3 is 0 Å². The number of allylic oxidation sites excluding steroid dienone is 3. The molecule has 0 unspecified atom stereocenters. The van der Waals surface area contributed by atoms with E-state index in [0.717, 1.165) is 19.3 Å². The van der Waals surface area contributed by atoms with Gasteiger partial charge in [0, 0.05) is 6.42 Å². The third-order valence-corrected chi connectivity index (χ3v) is 2.27. The second kappa shape index (κ2) is 6.58. The summed E-state index contributed by atoms with van der Waals surface area (Å²) in [6.45, 7) is 9.87. The van der Waals surface area contributed by atoms with Gasteiger partial charge < -0.3 is 0 Å². The molecule has 0 aliphatic rings. The Morgan fingerprint density at radius 3 is 2.57 bits per heavy atom. The zero-order chi connectivity index (χ0) is 11.0. The Hall–Kier alpha value is -0.850. The van der Waals surface area contributed by atoms with E-state index >= 15 is 0 Å². The molecule has 0 heterocycles. The standard InChI is InChI=1S/C13H22O/c1-5-7-8-10-13(3,4)11-12(14)9-6-2/h5-6,9H,1,7-8,10-11H2,2-4H3/b9-6+. The van der Waals surface area contributed by atoms with Gasteiger partial charge in [0.15, 0.2) is 5.78 Å². The van der Waals surface area contributed by atoms with Gasteiger partial charge in [0.05, 0.1) is 0 Å². The number of hydrogen-bond donors (Lipinski definition) is 0. The molecule has 14 heavy (non-hydrogen) atoms. The van der Waals surface area contributed by atoms with Crippen molar-refractivity contribution in [2.24, 2.45) is 5.41 Å². The van der Waals surface area contributed by atoms with Crippen LogP contribution in [-0.4, -0.2) is 5.78 Å². The van der Waals surface area contributed by atoms with E-state index in [0.29, 0.717) is 6.42 Å². The predicted molar refractivity (Wildman–Crippen MR) is 62.3 cm³/mol. The molecule has 1 heteroatoms. The molecule has 0 bridgehead atoms. The largest absolute Gasteiger partial charge is 0.295 e. The molecule has 0 rings (SSSR count). The van der Waals surface area contributed by atoms with E-state index in [9.17, 15) is 4.79 Å². The summed E-state index contributed by atoms with van der Waals surface area (Å²) < 4.78 is 0. The van der Waals surface area contributed by atoms with Crippen LogP contribution in [0.5, 0.6) is 0 Å². The van der Waals surface area contributed by atoms with Crippen molar-refractivity contribution in [1.29, 1.82) is 0 Å². The molecule has 0 aliphatic heterocycles. The topological polar surface area (TPSA) is 17.1 Å². The molecular formula is C13H22O.